The lowest BCUT2D eigenvalue weighted by atomic mass is 9.82. The number of piperidine rings is 1. The van der Waals surface area contributed by atoms with Crippen molar-refractivity contribution in [1.29, 1.82) is 0 Å². The first-order valence-corrected chi connectivity index (χ1v) is 7.66. The van der Waals surface area contributed by atoms with Crippen molar-refractivity contribution in [3.8, 4) is 0 Å². The molecule has 1 aliphatic carbocycles. The molecule has 3 nitrogen and oxygen atoms in total. The molecule has 1 heterocycles. The summed E-state index contributed by atoms with van der Waals surface area (Å²) in [5.74, 6) is 2.45. The molecule has 0 spiro atoms. The standard InChI is InChI=1S/C15H28N2O/c1-11-4-3-5-13(8-11)10-17-15(18)14-9-12(2)6-7-16-14/h11-14,16H,3-10H2,1-2H3,(H,17,18). The fraction of sp³-hybridized carbons (Fsp3) is 0.933. The van der Waals surface area contributed by atoms with Crippen LogP contribution in [0.2, 0.25) is 0 Å². The van der Waals surface area contributed by atoms with Crippen molar-refractivity contribution in [1.82, 2.24) is 10.6 Å². The molecule has 0 radical (unpaired) electrons. The zero-order valence-electron chi connectivity index (χ0n) is 11.9. The molecule has 2 fully saturated rings. The number of carbonyl (C=O) groups is 1. The molecular weight excluding hydrogens is 224 g/mol. The van der Waals surface area contributed by atoms with Crippen molar-refractivity contribution in [2.75, 3.05) is 13.1 Å². The predicted molar refractivity (Wildman–Crippen MR) is 74.3 cm³/mol. The summed E-state index contributed by atoms with van der Waals surface area (Å²) < 4.78 is 0. The van der Waals surface area contributed by atoms with Crippen LogP contribution in [0, 0.1) is 17.8 Å². The van der Waals surface area contributed by atoms with Gasteiger partial charge in [-0.05, 0) is 50.0 Å². The largest absolute Gasteiger partial charge is 0.354 e. The van der Waals surface area contributed by atoms with Gasteiger partial charge in [0.1, 0.15) is 0 Å². The highest BCUT2D eigenvalue weighted by Crippen LogP contribution is 2.28. The first-order valence-electron chi connectivity index (χ1n) is 7.66. The molecule has 1 aliphatic heterocycles. The number of nitrogens with one attached hydrogen (secondary N) is 2. The Labute approximate surface area is 111 Å². The Morgan fingerprint density at radius 1 is 1.17 bits per heavy atom. The molecule has 4 unspecified atom stereocenters. The van der Waals surface area contributed by atoms with Gasteiger partial charge in [0.25, 0.3) is 0 Å². The lowest BCUT2D eigenvalue weighted by molar-refractivity contribution is -0.124. The number of hydrogen-bond acceptors (Lipinski definition) is 2. The zero-order chi connectivity index (χ0) is 13.0. The summed E-state index contributed by atoms with van der Waals surface area (Å²) >= 11 is 0. The number of hydrogen-bond donors (Lipinski definition) is 2. The molecule has 3 heteroatoms. The Balaban J connectivity index is 1.70. The fourth-order valence-electron chi connectivity index (χ4n) is 3.42. The second-order valence-corrected chi connectivity index (χ2v) is 6.52. The highest BCUT2D eigenvalue weighted by atomic mass is 16.2. The average Bonchev–Trinajstić information content (AvgIpc) is 2.36. The van der Waals surface area contributed by atoms with Crippen molar-refractivity contribution < 1.29 is 4.79 Å². The summed E-state index contributed by atoms with van der Waals surface area (Å²) in [6.45, 7) is 6.44. The van der Waals surface area contributed by atoms with E-state index in [0.29, 0.717) is 11.8 Å². The third-order valence-corrected chi connectivity index (χ3v) is 4.59. The van der Waals surface area contributed by atoms with Gasteiger partial charge < -0.3 is 10.6 Å². The Morgan fingerprint density at radius 3 is 2.67 bits per heavy atom. The lowest BCUT2D eigenvalue weighted by Gasteiger charge is -2.30. The maximum atomic E-state index is 12.1. The maximum absolute atomic E-state index is 12.1. The minimum absolute atomic E-state index is 0.0507. The van der Waals surface area contributed by atoms with Crippen LogP contribution >= 0.6 is 0 Å². The van der Waals surface area contributed by atoms with E-state index in [9.17, 15) is 4.79 Å². The summed E-state index contributed by atoms with van der Waals surface area (Å²) in [6.07, 6.45) is 7.47. The second kappa shape index (κ2) is 6.55. The van der Waals surface area contributed by atoms with Gasteiger partial charge in [-0.3, -0.25) is 4.79 Å². The van der Waals surface area contributed by atoms with Crippen molar-refractivity contribution in [3.63, 3.8) is 0 Å². The van der Waals surface area contributed by atoms with E-state index >= 15 is 0 Å². The van der Waals surface area contributed by atoms with E-state index < -0.39 is 0 Å². The van der Waals surface area contributed by atoms with Gasteiger partial charge in [0.2, 0.25) is 5.91 Å². The normalized spacial score (nSPS) is 37.2. The van der Waals surface area contributed by atoms with Gasteiger partial charge >= 0.3 is 0 Å². The highest BCUT2D eigenvalue weighted by molar-refractivity contribution is 5.81. The fourth-order valence-corrected chi connectivity index (χ4v) is 3.42. The van der Waals surface area contributed by atoms with Gasteiger partial charge in [-0.15, -0.1) is 0 Å². The molecule has 1 saturated heterocycles. The summed E-state index contributed by atoms with van der Waals surface area (Å²) in [4.78, 5) is 12.1. The van der Waals surface area contributed by atoms with Crippen LogP contribution in [0.5, 0.6) is 0 Å². The lowest BCUT2D eigenvalue weighted by Crippen LogP contribution is -2.49. The van der Waals surface area contributed by atoms with E-state index in [0.717, 1.165) is 25.4 Å². The zero-order valence-corrected chi connectivity index (χ0v) is 11.9. The van der Waals surface area contributed by atoms with E-state index in [1.165, 1.54) is 32.1 Å². The number of rotatable bonds is 3. The van der Waals surface area contributed by atoms with Crippen LogP contribution < -0.4 is 10.6 Å². The van der Waals surface area contributed by atoms with Crippen molar-refractivity contribution in [2.45, 2.75) is 58.4 Å². The van der Waals surface area contributed by atoms with Gasteiger partial charge in [0, 0.05) is 6.54 Å². The van der Waals surface area contributed by atoms with Crippen LogP contribution in [0.15, 0.2) is 0 Å². The predicted octanol–water partition coefficient (Wildman–Crippen LogP) is 2.32. The molecule has 0 aromatic heterocycles. The monoisotopic (exact) mass is 252 g/mol. The smallest absolute Gasteiger partial charge is 0.237 e. The molecule has 1 saturated carbocycles. The van der Waals surface area contributed by atoms with Gasteiger partial charge in [0.15, 0.2) is 0 Å². The molecule has 104 valence electrons. The molecule has 2 aliphatic rings. The Bertz CT molecular complexity index is 280. The number of amides is 1. The van der Waals surface area contributed by atoms with E-state index in [-0.39, 0.29) is 11.9 Å². The molecule has 2 rings (SSSR count). The van der Waals surface area contributed by atoms with E-state index in [4.69, 9.17) is 0 Å². The van der Waals surface area contributed by atoms with Gasteiger partial charge in [-0.1, -0.05) is 26.7 Å². The molecule has 1 amide bonds. The SMILES string of the molecule is CC1CCCC(CNC(=O)C2CC(C)CCN2)C1. The average molecular weight is 252 g/mol. The van der Waals surface area contributed by atoms with Crippen molar-refractivity contribution in [2.24, 2.45) is 17.8 Å². The second-order valence-electron chi connectivity index (χ2n) is 6.52. The highest BCUT2D eigenvalue weighted by Gasteiger charge is 2.25. The molecule has 0 bridgehead atoms. The van der Waals surface area contributed by atoms with Crippen molar-refractivity contribution in [3.05, 3.63) is 0 Å². The van der Waals surface area contributed by atoms with Crippen LogP contribution in [-0.2, 0) is 4.79 Å². The summed E-state index contributed by atoms with van der Waals surface area (Å²) in [6, 6.07) is 0.0507. The summed E-state index contributed by atoms with van der Waals surface area (Å²) in [5, 5.41) is 6.50. The van der Waals surface area contributed by atoms with Crippen LogP contribution in [0.3, 0.4) is 0 Å². The molecule has 0 aromatic rings. The van der Waals surface area contributed by atoms with Gasteiger partial charge in [0.05, 0.1) is 6.04 Å². The maximum Gasteiger partial charge on any atom is 0.237 e. The first-order chi connectivity index (χ1) is 8.65. The molecule has 18 heavy (non-hydrogen) atoms. The Morgan fingerprint density at radius 2 is 1.94 bits per heavy atom. The minimum atomic E-state index is 0.0507. The van der Waals surface area contributed by atoms with Crippen LogP contribution in [0.1, 0.15) is 52.4 Å². The van der Waals surface area contributed by atoms with E-state index in [1.807, 2.05) is 0 Å². The van der Waals surface area contributed by atoms with Gasteiger partial charge in [-0.2, -0.15) is 0 Å². The summed E-state index contributed by atoms with van der Waals surface area (Å²) in [7, 11) is 0. The molecule has 2 N–H and O–H groups in total. The van der Waals surface area contributed by atoms with E-state index in [2.05, 4.69) is 24.5 Å². The molecule has 4 atom stereocenters. The van der Waals surface area contributed by atoms with Crippen LogP contribution in [-0.4, -0.2) is 25.0 Å². The van der Waals surface area contributed by atoms with E-state index in [1.54, 1.807) is 0 Å². The minimum Gasteiger partial charge on any atom is -0.354 e. The van der Waals surface area contributed by atoms with Crippen LogP contribution in [0.25, 0.3) is 0 Å². The molecular formula is C15H28N2O. The topological polar surface area (TPSA) is 41.1 Å². The third kappa shape index (κ3) is 3.98. The Kier molecular flexibility index (Phi) is 5.04. The third-order valence-electron chi connectivity index (χ3n) is 4.59. The Hall–Kier alpha value is -0.570. The summed E-state index contributed by atoms with van der Waals surface area (Å²) in [5.41, 5.74) is 0. The van der Waals surface area contributed by atoms with Crippen molar-refractivity contribution >= 4 is 5.91 Å². The first kappa shape index (κ1) is 13.9. The number of carbonyl (C=O) groups excluding carboxylic acids is 1. The molecule has 0 aromatic carbocycles. The quantitative estimate of drug-likeness (QED) is 0.809. The van der Waals surface area contributed by atoms with Crippen LogP contribution in [0.4, 0.5) is 0 Å². The van der Waals surface area contributed by atoms with Gasteiger partial charge in [-0.25, -0.2) is 0 Å².